The fourth-order valence-electron chi connectivity index (χ4n) is 2.33. The molecule has 0 radical (unpaired) electrons. The van der Waals surface area contributed by atoms with Gasteiger partial charge in [0.05, 0.1) is 12.3 Å². The molecule has 2 heterocycles. The fourth-order valence-corrected chi connectivity index (χ4v) is 2.33. The van der Waals surface area contributed by atoms with Crippen LogP contribution >= 0.6 is 0 Å². The highest BCUT2D eigenvalue weighted by atomic mass is 16.3. The molecule has 2 atom stereocenters. The number of nitrogens with zero attached hydrogens (tertiary/aromatic N) is 5. The molecule has 19 heavy (non-hydrogen) atoms. The fraction of sp³-hybridized carbons (Fsp3) is 0.583. The first kappa shape index (κ1) is 13.5. The van der Waals surface area contributed by atoms with Crippen molar-refractivity contribution in [3.05, 3.63) is 11.8 Å². The number of β-amino-alcohol motifs (C(OH)–C–C–N with tert-alkyl or cyclic N) is 1. The van der Waals surface area contributed by atoms with Crippen LogP contribution in [0.25, 0.3) is 0 Å². The summed E-state index contributed by atoms with van der Waals surface area (Å²) >= 11 is 0. The Morgan fingerprint density at radius 2 is 2.32 bits per heavy atom. The number of nitrogens with two attached hydrogens (primary N) is 1. The molecule has 102 valence electrons. The molecule has 1 fully saturated rings. The molecule has 0 saturated carbocycles. The van der Waals surface area contributed by atoms with Gasteiger partial charge in [0.25, 0.3) is 0 Å². The van der Waals surface area contributed by atoms with E-state index >= 15 is 0 Å². The summed E-state index contributed by atoms with van der Waals surface area (Å²) in [4.78, 5) is 12.2. The van der Waals surface area contributed by atoms with Gasteiger partial charge in [0.1, 0.15) is 17.5 Å². The van der Waals surface area contributed by atoms with Gasteiger partial charge in [-0.05, 0) is 20.5 Å². The van der Waals surface area contributed by atoms with Crippen LogP contribution in [0.4, 0.5) is 11.8 Å². The number of hydrogen-bond acceptors (Lipinski definition) is 7. The van der Waals surface area contributed by atoms with Gasteiger partial charge in [-0.2, -0.15) is 10.2 Å². The van der Waals surface area contributed by atoms with Crippen molar-refractivity contribution in [2.24, 2.45) is 0 Å². The van der Waals surface area contributed by atoms with Gasteiger partial charge in [-0.1, -0.05) is 0 Å². The Bertz CT molecular complexity index is 497. The summed E-state index contributed by atoms with van der Waals surface area (Å²) in [7, 11) is 3.92. The average molecular weight is 262 g/mol. The number of aliphatic hydroxyl groups is 1. The summed E-state index contributed by atoms with van der Waals surface area (Å²) in [5.41, 5.74) is 5.95. The first-order valence-corrected chi connectivity index (χ1v) is 6.15. The van der Waals surface area contributed by atoms with Crippen molar-refractivity contribution in [2.75, 3.05) is 37.8 Å². The number of aliphatic hydroxyl groups excluding tert-OH is 1. The van der Waals surface area contributed by atoms with Crippen molar-refractivity contribution in [3.8, 4) is 6.07 Å². The van der Waals surface area contributed by atoms with Gasteiger partial charge in [0, 0.05) is 19.1 Å². The Hall–Kier alpha value is -1.91. The number of rotatable bonds is 2. The maximum Gasteiger partial charge on any atom is 0.227 e. The quantitative estimate of drug-likeness (QED) is 0.736. The van der Waals surface area contributed by atoms with Crippen molar-refractivity contribution in [2.45, 2.75) is 18.6 Å². The Morgan fingerprint density at radius 1 is 1.58 bits per heavy atom. The summed E-state index contributed by atoms with van der Waals surface area (Å²) in [6, 6.07) is 2.08. The standard InChI is InChI=1S/C12H18N6O/c1-17(2)9-3-4-18(7-10(9)19)12-15-6-8(5-13)11(14)16-12/h6,9-10,19H,3-4,7H2,1-2H3,(H2,14,15,16)/t9-,10-/m0/s1. The largest absolute Gasteiger partial charge is 0.390 e. The van der Waals surface area contributed by atoms with Crippen LogP contribution in [0.15, 0.2) is 6.20 Å². The van der Waals surface area contributed by atoms with E-state index in [-0.39, 0.29) is 17.4 Å². The van der Waals surface area contributed by atoms with Crippen LogP contribution in [0.2, 0.25) is 0 Å². The maximum absolute atomic E-state index is 10.1. The molecule has 0 bridgehead atoms. The lowest BCUT2D eigenvalue weighted by Crippen LogP contribution is -2.52. The van der Waals surface area contributed by atoms with Gasteiger partial charge < -0.3 is 20.6 Å². The van der Waals surface area contributed by atoms with Crippen LogP contribution in [0.1, 0.15) is 12.0 Å². The SMILES string of the molecule is CN(C)[C@H]1CCN(c2ncc(C#N)c(N)n2)C[C@@H]1O. The van der Waals surface area contributed by atoms with Gasteiger partial charge in [-0.25, -0.2) is 4.98 Å². The molecule has 1 aliphatic heterocycles. The number of nitriles is 1. The lowest BCUT2D eigenvalue weighted by molar-refractivity contribution is 0.0626. The topological polar surface area (TPSA) is 102 Å². The average Bonchev–Trinajstić information content (AvgIpc) is 2.38. The molecule has 2 rings (SSSR count). The molecular weight excluding hydrogens is 244 g/mol. The van der Waals surface area contributed by atoms with Crippen LogP contribution in [0.3, 0.4) is 0 Å². The minimum Gasteiger partial charge on any atom is -0.390 e. The van der Waals surface area contributed by atoms with Crippen molar-refractivity contribution in [1.29, 1.82) is 5.26 Å². The van der Waals surface area contributed by atoms with Crippen molar-refractivity contribution >= 4 is 11.8 Å². The predicted octanol–water partition coefficient (Wildman–Crippen LogP) is -0.568. The third-order valence-electron chi connectivity index (χ3n) is 3.42. The number of hydrogen-bond donors (Lipinski definition) is 2. The van der Waals surface area contributed by atoms with E-state index in [0.717, 1.165) is 13.0 Å². The molecule has 1 aliphatic rings. The van der Waals surface area contributed by atoms with Crippen molar-refractivity contribution in [1.82, 2.24) is 14.9 Å². The number of aromatic nitrogens is 2. The second-order valence-corrected chi connectivity index (χ2v) is 4.91. The van der Waals surface area contributed by atoms with Gasteiger partial charge in [0.2, 0.25) is 5.95 Å². The smallest absolute Gasteiger partial charge is 0.227 e. The zero-order valence-electron chi connectivity index (χ0n) is 11.1. The van der Waals surface area contributed by atoms with Crippen LogP contribution in [-0.2, 0) is 0 Å². The molecule has 1 aromatic heterocycles. The van der Waals surface area contributed by atoms with E-state index in [1.54, 1.807) is 0 Å². The first-order valence-electron chi connectivity index (χ1n) is 6.15. The second kappa shape index (κ2) is 5.38. The maximum atomic E-state index is 10.1. The van der Waals surface area contributed by atoms with Gasteiger partial charge in [0.15, 0.2) is 0 Å². The number of likely N-dealkylation sites (N-methyl/N-ethyl adjacent to an activating group) is 1. The minimum absolute atomic E-state index is 0.145. The van der Waals surface area contributed by atoms with Crippen molar-refractivity contribution < 1.29 is 5.11 Å². The molecule has 3 N–H and O–H groups in total. The monoisotopic (exact) mass is 262 g/mol. The molecule has 0 aromatic carbocycles. The van der Waals surface area contributed by atoms with Crippen LogP contribution < -0.4 is 10.6 Å². The Labute approximate surface area is 112 Å². The minimum atomic E-state index is -0.454. The van der Waals surface area contributed by atoms with Crippen LogP contribution in [0, 0.1) is 11.3 Å². The molecule has 7 nitrogen and oxygen atoms in total. The molecule has 0 aliphatic carbocycles. The molecule has 7 heteroatoms. The molecule has 0 spiro atoms. The predicted molar refractivity (Wildman–Crippen MR) is 71.5 cm³/mol. The van der Waals surface area contributed by atoms with E-state index < -0.39 is 6.10 Å². The summed E-state index contributed by atoms with van der Waals surface area (Å²) < 4.78 is 0. The van der Waals surface area contributed by atoms with Gasteiger partial charge in [-0.3, -0.25) is 0 Å². The molecule has 0 amide bonds. The number of anilines is 2. The third kappa shape index (κ3) is 2.75. The normalized spacial score (nSPS) is 23.4. The van der Waals surface area contributed by atoms with E-state index in [4.69, 9.17) is 11.0 Å². The zero-order chi connectivity index (χ0) is 14.0. The molecule has 1 saturated heterocycles. The van der Waals surface area contributed by atoms with E-state index in [9.17, 15) is 5.11 Å². The number of nitrogen functional groups attached to an aromatic ring is 1. The highest BCUT2D eigenvalue weighted by Crippen LogP contribution is 2.20. The van der Waals surface area contributed by atoms with Crippen LogP contribution in [0.5, 0.6) is 0 Å². The summed E-state index contributed by atoms with van der Waals surface area (Å²) in [5.74, 6) is 0.643. The third-order valence-corrected chi connectivity index (χ3v) is 3.42. The first-order chi connectivity index (χ1) is 9.02. The lowest BCUT2D eigenvalue weighted by Gasteiger charge is -2.38. The van der Waals surface area contributed by atoms with E-state index in [0.29, 0.717) is 12.5 Å². The summed E-state index contributed by atoms with van der Waals surface area (Å²) in [6.45, 7) is 1.22. The number of piperidine rings is 1. The zero-order valence-corrected chi connectivity index (χ0v) is 11.1. The van der Waals surface area contributed by atoms with E-state index in [2.05, 4.69) is 9.97 Å². The van der Waals surface area contributed by atoms with E-state index in [1.807, 2.05) is 30.0 Å². The van der Waals surface area contributed by atoms with Gasteiger partial charge >= 0.3 is 0 Å². The Morgan fingerprint density at radius 3 is 2.84 bits per heavy atom. The molecule has 0 unspecified atom stereocenters. The molecular formula is C12H18N6O. The Kier molecular flexibility index (Phi) is 3.83. The van der Waals surface area contributed by atoms with Gasteiger partial charge in [-0.15, -0.1) is 0 Å². The highest BCUT2D eigenvalue weighted by molar-refractivity contribution is 5.50. The molecule has 1 aromatic rings. The summed E-state index contributed by atoms with van der Waals surface area (Å²) in [6.07, 6.45) is 1.80. The highest BCUT2D eigenvalue weighted by Gasteiger charge is 2.30. The summed E-state index contributed by atoms with van der Waals surface area (Å²) in [5, 5.41) is 18.9. The van der Waals surface area contributed by atoms with E-state index in [1.165, 1.54) is 6.20 Å². The van der Waals surface area contributed by atoms with Crippen molar-refractivity contribution in [3.63, 3.8) is 0 Å². The second-order valence-electron chi connectivity index (χ2n) is 4.91. The van der Waals surface area contributed by atoms with Crippen LogP contribution in [-0.4, -0.2) is 59.3 Å². The lowest BCUT2D eigenvalue weighted by atomic mass is 10.0. The Balaban J connectivity index is 2.13.